The first-order chi connectivity index (χ1) is 7.15. The predicted molar refractivity (Wildman–Crippen MR) is 64.4 cm³/mol. The van der Waals surface area contributed by atoms with E-state index in [1.54, 1.807) is 0 Å². The summed E-state index contributed by atoms with van der Waals surface area (Å²) in [7, 11) is 0. The Balaban J connectivity index is 2.54. The second-order valence-electron chi connectivity index (χ2n) is 3.59. The molecule has 0 saturated heterocycles. The molecule has 0 bridgehead atoms. The van der Waals surface area contributed by atoms with Crippen LogP contribution in [0.5, 0.6) is 0 Å². The number of thioether (sulfide) groups is 1. The highest BCUT2D eigenvalue weighted by atomic mass is 32.2. The van der Waals surface area contributed by atoms with Crippen molar-refractivity contribution in [3.05, 3.63) is 5.82 Å². The van der Waals surface area contributed by atoms with Crippen LogP contribution in [0.2, 0.25) is 0 Å². The minimum Gasteiger partial charge on any atom is -0.336 e. The Morgan fingerprint density at radius 2 is 2.07 bits per heavy atom. The van der Waals surface area contributed by atoms with Crippen LogP contribution in [-0.4, -0.2) is 27.7 Å². The van der Waals surface area contributed by atoms with Crippen molar-refractivity contribution >= 4 is 17.8 Å². The highest BCUT2D eigenvalue weighted by Crippen LogP contribution is 2.30. The summed E-state index contributed by atoms with van der Waals surface area (Å²) in [6.45, 7) is 7.10. The molecule has 1 rings (SSSR count). The van der Waals surface area contributed by atoms with Gasteiger partial charge < -0.3 is 9.84 Å². The van der Waals surface area contributed by atoms with Crippen LogP contribution < -0.4 is 5.32 Å². The van der Waals surface area contributed by atoms with E-state index in [4.69, 9.17) is 4.52 Å². The van der Waals surface area contributed by atoms with E-state index >= 15 is 0 Å². The average molecular weight is 229 g/mol. The second kappa shape index (κ2) is 5.39. The Morgan fingerprint density at radius 3 is 2.47 bits per heavy atom. The van der Waals surface area contributed by atoms with E-state index in [1.807, 2.05) is 18.7 Å². The monoisotopic (exact) mass is 229 g/mol. The van der Waals surface area contributed by atoms with Gasteiger partial charge >= 0.3 is 6.01 Å². The van der Waals surface area contributed by atoms with Gasteiger partial charge in [-0.25, -0.2) is 0 Å². The molecule has 5 heteroatoms. The minimum atomic E-state index is 0.266. The molecule has 86 valence electrons. The van der Waals surface area contributed by atoms with Crippen molar-refractivity contribution in [3.63, 3.8) is 0 Å². The highest BCUT2D eigenvalue weighted by Gasteiger charge is 2.25. The molecule has 0 aliphatic heterocycles. The second-order valence-corrected chi connectivity index (χ2v) is 4.87. The molecule has 0 aliphatic rings. The zero-order valence-corrected chi connectivity index (χ0v) is 10.6. The number of hydrogen-bond acceptors (Lipinski definition) is 5. The van der Waals surface area contributed by atoms with Crippen LogP contribution in [0, 0.1) is 6.92 Å². The molecule has 1 aromatic rings. The van der Waals surface area contributed by atoms with E-state index in [2.05, 4.69) is 35.6 Å². The van der Waals surface area contributed by atoms with Crippen LogP contribution in [0.1, 0.15) is 32.5 Å². The van der Waals surface area contributed by atoms with E-state index in [9.17, 15) is 0 Å². The lowest BCUT2D eigenvalue weighted by molar-refractivity contribution is 0.422. The van der Waals surface area contributed by atoms with Crippen LogP contribution >= 0.6 is 11.8 Å². The molecule has 0 aromatic carbocycles. The van der Waals surface area contributed by atoms with Crippen LogP contribution in [-0.2, 0) is 0 Å². The van der Waals surface area contributed by atoms with Gasteiger partial charge in [-0.05, 0) is 26.0 Å². The highest BCUT2D eigenvalue weighted by molar-refractivity contribution is 8.00. The molecule has 0 unspecified atom stereocenters. The van der Waals surface area contributed by atoms with Gasteiger partial charge in [0.05, 0.1) is 0 Å². The topological polar surface area (TPSA) is 51.0 Å². The molecule has 1 N–H and O–H groups in total. The van der Waals surface area contributed by atoms with E-state index in [0.717, 1.165) is 19.4 Å². The fourth-order valence-corrected chi connectivity index (χ4v) is 2.26. The van der Waals surface area contributed by atoms with Crippen LogP contribution in [0.4, 0.5) is 6.01 Å². The number of hydrogen-bond donors (Lipinski definition) is 1. The zero-order valence-electron chi connectivity index (χ0n) is 9.83. The Labute approximate surface area is 95.2 Å². The van der Waals surface area contributed by atoms with E-state index in [1.165, 1.54) is 0 Å². The fourth-order valence-electron chi connectivity index (χ4n) is 1.47. The molecule has 1 heterocycles. The molecule has 0 atom stereocenters. The van der Waals surface area contributed by atoms with Crippen molar-refractivity contribution in [2.24, 2.45) is 0 Å². The van der Waals surface area contributed by atoms with Gasteiger partial charge in [0.25, 0.3) is 0 Å². The lowest BCUT2D eigenvalue weighted by Crippen LogP contribution is -2.32. The fraction of sp³-hybridized carbons (Fsp3) is 0.800. The molecule has 0 aliphatic carbocycles. The summed E-state index contributed by atoms with van der Waals surface area (Å²) in [6.07, 6.45) is 4.41. The summed E-state index contributed by atoms with van der Waals surface area (Å²) in [5.74, 6) is 0.667. The molecular formula is C10H19N3OS. The summed E-state index contributed by atoms with van der Waals surface area (Å²) in [5.41, 5.74) is 0. The van der Waals surface area contributed by atoms with Crippen molar-refractivity contribution in [3.8, 4) is 0 Å². The number of aryl methyl sites for hydroxylation is 1. The standard InChI is InChI=1S/C10H19N3OS/c1-5-10(6-2,15-4)7-11-9-12-8(3)13-14-9/h5-7H2,1-4H3,(H,11,12,13). The molecule has 1 aromatic heterocycles. The van der Waals surface area contributed by atoms with Gasteiger partial charge in [-0.2, -0.15) is 16.7 Å². The van der Waals surface area contributed by atoms with Crippen LogP contribution in [0.25, 0.3) is 0 Å². The van der Waals surface area contributed by atoms with Gasteiger partial charge in [0.2, 0.25) is 0 Å². The maximum atomic E-state index is 5.01. The lowest BCUT2D eigenvalue weighted by atomic mass is 10.0. The largest absolute Gasteiger partial charge is 0.336 e. The summed E-state index contributed by atoms with van der Waals surface area (Å²) < 4.78 is 5.28. The molecule has 0 fully saturated rings. The quantitative estimate of drug-likeness (QED) is 0.812. The van der Waals surface area contributed by atoms with E-state index in [0.29, 0.717) is 11.8 Å². The van der Waals surface area contributed by atoms with Crippen molar-refractivity contribution < 1.29 is 4.52 Å². The van der Waals surface area contributed by atoms with Gasteiger partial charge in [0.1, 0.15) is 0 Å². The first kappa shape index (κ1) is 12.4. The molecule has 0 saturated carbocycles. The number of anilines is 1. The molecule has 0 amide bonds. The number of rotatable bonds is 6. The van der Waals surface area contributed by atoms with Gasteiger partial charge in [-0.3, -0.25) is 0 Å². The third kappa shape index (κ3) is 3.12. The predicted octanol–water partition coefficient (Wildman–Crippen LogP) is 2.71. The van der Waals surface area contributed by atoms with Crippen LogP contribution in [0.3, 0.4) is 0 Å². The van der Waals surface area contributed by atoms with Crippen molar-refractivity contribution in [1.29, 1.82) is 0 Å². The van der Waals surface area contributed by atoms with Crippen molar-refractivity contribution in [2.45, 2.75) is 38.4 Å². The molecule has 0 spiro atoms. The SMILES string of the molecule is CCC(CC)(CNc1nc(C)no1)SC. The third-order valence-corrected chi connectivity index (χ3v) is 4.40. The van der Waals surface area contributed by atoms with E-state index < -0.39 is 0 Å². The zero-order chi connectivity index (χ0) is 11.3. The van der Waals surface area contributed by atoms with Gasteiger partial charge in [-0.1, -0.05) is 19.0 Å². The summed E-state index contributed by atoms with van der Waals surface area (Å²) in [5, 5.41) is 6.94. The normalized spacial score (nSPS) is 11.7. The first-order valence-electron chi connectivity index (χ1n) is 5.25. The summed E-state index contributed by atoms with van der Waals surface area (Å²) in [4.78, 5) is 4.12. The third-order valence-electron chi connectivity index (χ3n) is 2.81. The molecule has 4 nitrogen and oxygen atoms in total. The Hall–Kier alpha value is -0.710. The Kier molecular flexibility index (Phi) is 4.45. The maximum absolute atomic E-state index is 5.01. The van der Waals surface area contributed by atoms with Crippen molar-refractivity contribution in [2.75, 3.05) is 18.1 Å². The van der Waals surface area contributed by atoms with Gasteiger partial charge in [-0.15, -0.1) is 0 Å². The van der Waals surface area contributed by atoms with E-state index in [-0.39, 0.29) is 4.75 Å². The van der Waals surface area contributed by atoms with Crippen molar-refractivity contribution in [1.82, 2.24) is 10.1 Å². The summed E-state index contributed by atoms with van der Waals surface area (Å²) in [6, 6.07) is 0.521. The summed E-state index contributed by atoms with van der Waals surface area (Å²) >= 11 is 1.89. The number of aromatic nitrogens is 2. The average Bonchev–Trinajstić information content (AvgIpc) is 2.67. The molecule has 15 heavy (non-hydrogen) atoms. The van der Waals surface area contributed by atoms with Gasteiger partial charge in [0.15, 0.2) is 5.82 Å². The maximum Gasteiger partial charge on any atom is 0.321 e. The number of nitrogens with zero attached hydrogens (tertiary/aromatic N) is 2. The smallest absolute Gasteiger partial charge is 0.321 e. The molecule has 0 radical (unpaired) electrons. The Bertz CT molecular complexity index is 288. The first-order valence-corrected chi connectivity index (χ1v) is 6.47. The van der Waals surface area contributed by atoms with Crippen LogP contribution in [0.15, 0.2) is 4.52 Å². The number of nitrogens with one attached hydrogen (secondary N) is 1. The lowest BCUT2D eigenvalue weighted by Gasteiger charge is -2.29. The van der Waals surface area contributed by atoms with Gasteiger partial charge in [0, 0.05) is 11.3 Å². The Morgan fingerprint density at radius 1 is 1.40 bits per heavy atom. The minimum absolute atomic E-state index is 0.266. The molecular weight excluding hydrogens is 210 g/mol.